The first-order valence-electron chi connectivity index (χ1n) is 7.42. The number of nitrogens with zero attached hydrogens (tertiary/aromatic N) is 3. The zero-order chi connectivity index (χ0) is 16.7. The standard InChI is InChI=1S/C18H13N3O3/c22-16-14-10-13(17(23)24)6-7-15(14)20-9-8-19-18(20)21(16)11-12-4-2-1-3-5-12/h1-10H,11H2,(H,23,24). The highest BCUT2D eigenvalue weighted by molar-refractivity contribution is 5.93. The van der Waals surface area contributed by atoms with E-state index < -0.39 is 5.97 Å². The smallest absolute Gasteiger partial charge is 0.335 e. The Morgan fingerprint density at radius 1 is 1.12 bits per heavy atom. The molecule has 0 radical (unpaired) electrons. The Morgan fingerprint density at radius 3 is 2.67 bits per heavy atom. The van der Waals surface area contributed by atoms with Crippen LogP contribution in [0, 0.1) is 0 Å². The predicted molar refractivity (Wildman–Crippen MR) is 89.5 cm³/mol. The van der Waals surface area contributed by atoms with Gasteiger partial charge < -0.3 is 5.11 Å². The van der Waals surface area contributed by atoms with Gasteiger partial charge in [-0.2, -0.15) is 0 Å². The number of carbonyl (C=O) groups is 1. The Labute approximate surface area is 136 Å². The average Bonchev–Trinajstić information content (AvgIpc) is 3.08. The van der Waals surface area contributed by atoms with Crippen molar-refractivity contribution >= 4 is 22.6 Å². The Hall–Kier alpha value is -3.41. The van der Waals surface area contributed by atoms with E-state index in [0.29, 0.717) is 23.2 Å². The molecule has 0 fully saturated rings. The van der Waals surface area contributed by atoms with Crippen LogP contribution in [0.25, 0.3) is 16.7 Å². The lowest BCUT2D eigenvalue weighted by Gasteiger charge is -2.11. The normalized spacial score (nSPS) is 11.2. The van der Waals surface area contributed by atoms with Crippen LogP contribution in [0.4, 0.5) is 0 Å². The minimum Gasteiger partial charge on any atom is -0.478 e. The van der Waals surface area contributed by atoms with Crippen molar-refractivity contribution in [3.63, 3.8) is 0 Å². The molecule has 0 aliphatic heterocycles. The molecule has 0 aliphatic rings. The van der Waals surface area contributed by atoms with Crippen molar-refractivity contribution in [2.24, 2.45) is 0 Å². The van der Waals surface area contributed by atoms with E-state index in [2.05, 4.69) is 4.98 Å². The molecule has 0 unspecified atom stereocenters. The molecule has 2 aromatic carbocycles. The third kappa shape index (κ3) is 2.16. The first-order valence-corrected chi connectivity index (χ1v) is 7.42. The number of rotatable bonds is 3. The Kier molecular flexibility index (Phi) is 3.16. The number of carboxylic acids is 1. The Bertz CT molecular complexity index is 1130. The molecule has 0 saturated carbocycles. The number of benzene rings is 2. The minimum atomic E-state index is -1.06. The lowest BCUT2D eigenvalue weighted by Crippen LogP contribution is -2.24. The van der Waals surface area contributed by atoms with Crippen LogP contribution >= 0.6 is 0 Å². The van der Waals surface area contributed by atoms with Crippen LogP contribution in [-0.4, -0.2) is 25.0 Å². The molecule has 1 N–H and O–H groups in total. The molecule has 2 aromatic heterocycles. The first kappa shape index (κ1) is 14.2. The summed E-state index contributed by atoms with van der Waals surface area (Å²) in [6.45, 7) is 0.368. The van der Waals surface area contributed by atoms with Gasteiger partial charge in [-0.1, -0.05) is 30.3 Å². The fourth-order valence-electron chi connectivity index (χ4n) is 2.88. The molecule has 2 heterocycles. The molecule has 0 spiro atoms. The van der Waals surface area contributed by atoms with Gasteiger partial charge in [-0.25, -0.2) is 9.78 Å². The molecular weight excluding hydrogens is 306 g/mol. The summed E-state index contributed by atoms with van der Waals surface area (Å²) in [7, 11) is 0. The second-order valence-corrected chi connectivity index (χ2v) is 5.51. The average molecular weight is 319 g/mol. The summed E-state index contributed by atoms with van der Waals surface area (Å²) in [6, 6.07) is 14.2. The van der Waals surface area contributed by atoms with Gasteiger partial charge in [0.25, 0.3) is 5.56 Å². The summed E-state index contributed by atoms with van der Waals surface area (Å²) in [5, 5.41) is 9.54. The summed E-state index contributed by atoms with van der Waals surface area (Å²) in [4.78, 5) is 28.4. The Morgan fingerprint density at radius 2 is 1.92 bits per heavy atom. The number of aromatic nitrogens is 3. The van der Waals surface area contributed by atoms with Crippen LogP contribution in [0.5, 0.6) is 0 Å². The van der Waals surface area contributed by atoms with Crippen molar-refractivity contribution in [1.29, 1.82) is 0 Å². The maximum Gasteiger partial charge on any atom is 0.335 e. The van der Waals surface area contributed by atoms with Crippen LogP contribution in [0.15, 0.2) is 65.7 Å². The van der Waals surface area contributed by atoms with Gasteiger partial charge in [0, 0.05) is 12.4 Å². The highest BCUT2D eigenvalue weighted by Crippen LogP contribution is 2.16. The van der Waals surface area contributed by atoms with E-state index in [4.69, 9.17) is 0 Å². The van der Waals surface area contributed by atoms with Crippen LogP contribution in [0.2, 0.25) is 0 Å². The Balaban J connectivity index is 2.03. The predicted octanol–water partition coefficient (Wildman–Crippen LogP) is 2.40. The van der Waals surface area contributed by atoms with E-state index in [1.807, 2.05) is 30.3 Å². The van der Waals surface area contributed by atoms with E-state index in [9.17, 15) is 14.7 Å². The van der Waals surface area contributed by atoms with E-state index in [1.165, 1.54) is 12.1 Å². The van der Waals surface area contributed by atoms with Gasteiger partial charge in [-0.15, -0.1) is 0 Å². The van der Waals surface area contributed by atoms with E-state index >= 15 is 0 Å². The first-order chi connectivity index (χ1) is 11.6. The molecule has 0 saturated heterocycles. The highest BCUT2D eigenvalue weighted by atomic mass is 16.4. The quantitative estimate of drug-likeness (QED) is 0.629. The van der Waals surface area contributed by atoms with Crippen molar-refractivity contribution in [2.75, 3.05) is 0 Å². The van der Waals surface area contributed by atoms with Crippen molar-refractivity contribution < 1.29 is 9.90 Å². The number of fused-ring (bicyclic) bond motifs is 3. The summed E-state index contributed by atoms with van der Waals surface area (Å²) >= 11 is 0. The fourth-order valence-corrected chi connectivity index (χ4v) is 2.88. The van der Waals surface area contributed by atoms with E-state index in [-0.39, 0.29) is 11.1 Å². The van der Waals surface area contributed by atoms with Crippen molar-refractivity contribution in [1.82, 2.24) is 14.0 Å². The molecular formula is C18H13N3O3. The largest absolute Gasteiger partial charge is 0.478 e. The lowest BCUT2D eigenvalue weighted by molar-refractivity contribution is 0.0697. The second-order valence-electron chi connectivity index (χ2n) is 5.51. The molecule has 24 heavy (non-hydrogen) atoms. The molecule has 0 atom stereocenters. The molecule has 6 heteroatoms. The molecule has 118 valence electrons. The van der Waals surface area contributed by atoms with Gasteiger partial charge in [0.2, 0.25) is 5.78 Å². The van der Waals surface area contributed by atoms with Crippen LogP contribution < -0.4 is 5.56 Å². The molecule has 6 nitrogen and oxygen atoms in total. The van der Waals surface area contributed by atoms with Crippen molar-refractivity contribution in [3.8, 4) is 0 Å². The molecule has 4 aromatic rings. The summed E-state index contributed by atoms with van der Waals surface area (Å²) in [6.07, 6.45) is 3.39. The van der Waals surface area contributed by atoms with Gasteiger partial charge in [0.1, 0.15) is 0 Å². The van der Waals surface area contributed by atoms with E-state index in [1.54, 1.807) is 27.4 Å². The van der Waals surface area contributed by atoms with Crippen molar-refractivity contribution in [2.45, 2.75) is 6.54 Å². The molecule has 0 bridgehead atoms. The zero-order valence-electron chi connectivity index (χ0n) is 12.6. The fraction of sp³-hybridized carbons (Fsp3) is 0.0556. The van der Waals surface area contributed by atoms with Gasteiger partial charge in [-0.05, 0) is 23.8 Å². The number of aromatic carboxylic acids is 1. The maximum absolute atomic E-state index is 12.9. The number of carboxylic acid groups (broad SMARTS) is 1. The lowest BCUT2D eigenvalue weighted by atomic mass is 10.1. The number of imidazole rings is 1. The second kappa shape index (κ2) is 5.34. The molecule has 0 aliphatic carbocycles. The summed E-state index contributed by atoms with van der Waals surface area (Å²) in [5.41, 5.74) is 1.45. The summed E-state index contributed by atoms with van der Waals surface area (Å²) < 4.78 is 3.36. The van der Waals surface area contributed by atoms with Gasteiger partial charge in [-0.3, -0.25) is 13.8 Å². The molecule has 0 amide bonds. The minimum absolute atomic E-state index is 0.0883. The van der Waals surface area contributed by atoms with Gasteiger partial charge >= 0.3 is 5.97 Å². The highest BCUT2D eigenvalue weighted by Gasteiger charge is 2.14. The topological polar surface area (TPSA) is 76.6 Å². The third-order valence-electron chi connectivity index (χ3n) is 4.02. The van der Waals surface area contributed by atoms with Gasteiger partial charge in [0.05, 0.1) is 23.0 Å². The zero-order valence-corrected chi connectivity index (χ0v) is 12.6. The maximum atomic E-state index is 12.9. The monoisotopic (exact) mass is 319 g/mol. The SMILES string of the molecule is O=C(O)c1ccc2c(c1)c(=O)n(Cc1ccccc1)c1nccn21. The summed E-state index contributed by atoms with van der Waals surface area (Å²) in [5.74, 6) is -0.531. The number of hydrogen-bond acceptors (Lipinski definition) is 3. The van der Waals surface area contributed by atoms with E-state index in [0.717, 1.165) is 5.56 Å². The van der Waals surface area contributed by atoms with Gasteiger partial charge in [0.15, 0.2) is 0 Å². The van der Waals surface area contributed by atoms with Crippen molar-refractivity contribution in [3.05, 3.63) is 82.4 Å². The van der Waals surface area contributed by atoms with Crippen LogP contribution in [0.1, 0.15) is 15.9 Å². The molecule has 4 rings (SSSR count). The number of hydrogen-bond donors (Lipinski definition) is 1. The van der Waals surface area contributed by atoms with Crippen LogP contribution in [0.3, 0.4) is 0 Å². The van der Waals surface area contributed by atoms with Crippen LogP contribution in [-0.2, 0) is 6.54 Å². The third-order valence-corrected chi connectivity index (χ3v) is 4.02.